The van der Waals surface area contributed by atoms with Crippen molar-refractivity contribution >= 4 is 0 Å². The molecule has 0 bridgehead atoms. The first-order valence-electron chi connectivity index (χ1n) is 5.42. The Morgan fingerprint density at radius 3 is 3.06 bits per heavy atom. The van der Waals surface area contributed by atoms with Gasteiger partial charge in [0.25, 0.3) is 0 Å². The maximum atomic E-state index is 5.22. The standard InChI is InChI=1S/C11H16N4O/c1-3-12-6-10-4-11(16-14-10)8-15-7-9(2)5-13-15/h4-5,7,12H,3,6,8H2,1-2H3. The number of aromatic nitrogens is 3. The monoisotopic (exact) mass is 220 g/mol. The summed E-state index contributed by atoms with van der Waals surface area (Å²) in [6, 6.07) is 1.96. The molecule has 0 amide bonds. The zero-order chi connectivity index (χ0) is 11.4. The number of nitrogens with one attached hydrogen (secondary N) is 1. The van der Waals surface area contributed by atoms with Crippen LogP contribution in [-0.4, -0.2) is 21.5 Å². The van der Waals surface area contributed by atoms with E-state index in [0.717, 1.165) is 30.1 Å². The van der Waals surface area contributed by atoms with Gasteiger partial charge in [0.05, 0.1) is 11.9 Å². The van der Waals surface area contributed by atoms with Gasteiger partial charge in [-0.2, -0.15) is 5.10 Å². The molecule has 0 atom stereocenters. The normalized spacial score (nSPS) is 10.9. The Morgan fingerprint density at radius 2 is 2.38 bits per heavy atom. The van der Waals surface area contributed by atoms with Gasteiger partial charge in [0.1, 0.15) is 6.54 Å². The Bertz CT molecular complexity index is 446. The number of rotatable bonds is 5. The minimum absolute atomic E-state index is 0.632. The molecule has 2 heterocycles. The van der Waals surface area contributed by atoms with Gasteiger partial charge in [0.15, 0.2) is 5.76 Å². The third kappa shape index (κ3) is 2.70. The maximum Gasteiger partial charge on any atom is 0.158 e. The number of hydrogen-bond acceptors (Lipinski definition) is 4. The fourth-order valence-electron chi connectivity index (χ4n) is 1.48. The van der Waals surface area contributed by atoms with Crippen LogP contribution < -0.4 is 5.32 Å². The molecular weight excluding hydrogens is 204 g/mol. The van der Waals surface area contributed by atoms with Gasteiger partial charge in [-0.25, -0.2) is 0 Å². The van der Waals surface area contributed by atoms with Gasteiger partial charge in [-0.3, -0.25) is 4.68 Å². The Morgan fingerprint density at radius 1 is 1.50 bits per heavy atom. The molecule has 0 aliphatic rings. The second kappa shape index (κ2) is 4.94. The van der Waals surface area contributed by atoms with Gasteiger partial charge in [-0.05, 0) is 19.0 Å². The van der Waals surface area contributed by atoms with E-state index in [1.807, 2.05) is 30.1 Å². The second-order valence-corrected chi connectivity index (χ2v) is 3.78. The van der Waals surface area contributed by atoms with Gasteiger partial charge in [0.2, 0.25) is 0 Å². The fraction of sp³-hybridized carbons (Fsp3) is 0.455. The lowest BCUT2D eigenvalue weighted by Gasteiger charge is -1.95. The molecule has 2 aromatic heterocycles. The first kappa shape index (κ1) is 10.9. The molecule has 0 aromatic carbocycles. The molecule has 86 valence electrons. The highest BCUT2D eigenvalue weighted by Crippen LogP contribution is 2.06. The molecule has 0 saturated heterocycles. The predicted molar refractivity (Wildman–Crippen MR) is 59.9 cm³/mol. The van der Waals surface area contributed by atoms with E-state index in [-0.39, 0.29) is 0 Å². The van der Waals surface area contributed by atoms with E-state index in [4.69, 9.17) is 4.52 Å². The van der Waals surface area contributed by atoms with Crippen LogP contribution in [0.2, 0.25) is 0 Å². The average molecular weight is 220 g/mol. The lowest BCUT2D eigenvalue weighted by Crippen LogP contribution is -2.11. The Hall–Kier alpha value is -1.62. The molecule has 0 unspecified atom stereocenters. The molecular formula is C11H16N4O. The minimum atomic E-state index is 0.632. The molecule has 0 radical (unpaired) electrons. The van der Waals surface area contributed by atoms with Crippen molar-refractivity contribution in [2.45, 2.75) is 26.9 Å². The van der Waals surface area contributed by atoms with Crippen molar-refractivity contribution in [1.82, 2.24) is 20.3 Å². The van der Waals surface area contributed by atoms with Crippen molar-refractivity contribution in [2.75, 3.05) is 6.54 Å². The van der Waals surface area contributed by atoms with Gasteiger partial charge < -0.3 is 9.84 Å². The summed E-state index contributed by atoms with van der Waals surface area (Å²) >= 11 is 0. The maximum absolute atomic E-state index is 5.22. The van der Waals surface area contributed by atoms with Crippen LogP contribution in [0, 0.1) is 6.92 Å². The fourth-order valence-corrected chi connectivity index (χ4v) is 1.48. The summed E-state index contributed by atoms with van der Waals surface area (Å²) in [5.74, 6) is 0.830. The Balaban J connectivity index is 1.97. The molecule has 2 aromatic rings. The molecule has 5 heteroatoms. The molecule has 1 N–H and O–H groups in total. The molecule has 0 fully saturated rings. The molecule has 0 aliphatic heterocycles. The van der Waals surface area contributed by atoms with Crippen molar-refractivity contribution in [3.63, 3.8) is 0 Å². The zero-order valence-corrected chi connectivity index (χ0v) is 9.60. The minimum Gasteiger partial charge on any atom is -0.359 e. The van der Waals surface area contributed by atoms with Crippen LogP contribution in [-0.2, 0) is 13.1 Å². The predicted octanol–water partition coefficient (Wildman–Crippen LogP) is 1.34. The van der Waals surface area contributed by atoms with E-state index in [1.165, 1.54) is 0 Å². The second-order valence-electron chi connectivity index (χ2n) is 3.78. The summed E-state index contributed by atoms with van der Waals surface area (Å²) in [6.45, 7) is 6.39. The van der Waals surface area contributed by atoms with Gasteiger partial charge >= 0.3 is 0 Å². The van der Waals surface area contributed by atoms with Crippen LogP contribution in [0.4, 0.5) is 0 Å². The van der Waals surface area contributed by atoms with Crippen molar-refractivity contribution < 1.29 is 4.52 Å². The Kier molecular flexibility index (Phi) is 3.36. The first-order valence-corrected chi connectivity index (χ1v) is 5.42. The van der Waals surface area contributed by atoms with E-state index in [2.05, 4.69) is 22.5 Å². The van der Waals surface area contributed by atoms with Gasteiger partial charge in [0, 0.05) is 18.8 Å². The number of nitrogens with zero attached hydrogens (tertiary/aromatic N) is 3. The Labute approximate surface area is 94.4 Å². The topological polar surface area (TPSA) is 55.9 Å². The van der Waals surface area contributed by atoms with E-state index < -0.39 is 0 Å². The summed E-state index contributed by atoms with van der Waals surface area (Å²) in [5, 5.41) is 11.4. The zero-order valence-electron chi connectivity index (χ0n) is 9.60. The first-order chi connectivity index (χ1) is 7.78. The van der Waals surface area contributed by atoms with Crippen molar-refractivity contribution in [3.8, 4) is 0 Å². The number of hydrogen-bond donors (Lipinski definition) is 1. The van der Waals surface area contributed by atoms with E-state index in [9.17, 15) is 0 Å². The summed E-state index contributed by atoms with van der Waals surface area (Å²) in [7, 11) is 0. The van der Waals surface area contributed by atoms with Gasteiger partial charge in [-0.1, -0.05) is 12.1 Å². The van der Waals surface area contributed by atoms with Crippen LogP contribution in [0.3, 0.4) is 0 Å². The quantitative estimate of drug-likeness (QED) is 0.826. The van der Waals surface area contributed by atoms with Crippen molar-refractivity contribution in [2.24, 2.45) is 0 Å². The van der Waals surface area contributed by atoms with Crippen LogP contribution in [0.5, 0.6) is 0 Å². The third-order valence-electron chi connectivity index (χ3n) is 2.24. The molecule has 5 nitrogen and oxygen atoms in total. The largest absolute Gasteiger partial charge is 0.359 e. The van der Waals surface area contributed by atoms with E-state index in [0.29, 0.717) is 6.54 Å². The highest BCUT2D eigenvalue weighted by Gasteiger charge is 2.04. The highest BCUT2D eigenvalue weighted by molar-refractivity contribution is 5.07. The summed E-state index contributed by atoms with van der Waals surface area (Å²) in [4.78, 5) is 0. The lowest BCUT2D eigenvalue weighted by atomic mass is 10.3. The molecule has 0 aliphatic carbocycles. The molecule has 16 heavy (non-hydrogen) atoms. The van der Waals surface area contributed by atoms with E-state index >= 15 is 0 Å². The smallest absolute Gasteiger partial charge is 0.158 e. The molecule has 0 saturated carbocycles. The van der Waals surface area contributed by atoms with Crippen LogP contribution >= 0.6 is 0 Å². The summed E-state index contributed by atoms with van der Waals surface area (Å²) in [5.41, 5.74) is 2.08. The van der Waals surface area contributed by atoms with Gasteiger partial charge in [-0.15, -0.1) is 0 Å². The van der Waals surface area contributed by atoms with Crippen LogP contribution in [0.15, 0.2) is 23.0 Å². The number of aryl methyl sites for hydroxylation is 1. The molecule has 2 rings (SSSR count). The summed E-state index contributed by atoms with van der Waals surface area (Å²) < 4.78 is 7.06. The third-order valence-corrected chi connectivity index (χ3v) is 2.24. The lowest BCUT2D eigenvalue weighted by molar-refractivity contribution is 0.364. The van der Waals surface area contributed by atoms with Crippen molar-refractivity contribution in [3.05, 3.63) is 35.5 Å². The van der Waals surface area contributed by atoms with Crippen LogP contribution in [0.25, 0.3) is 0 Å². The van der Waals surface area contributed by atoms with E-state index in [1.54, 1.807) is 0 Å². The summed E-state index contributed by atoms with van der Waals surface area (Å²) in [6.07, 6.45) is 3.81. The molecule has 0 spiro atoms. The average Bonchev–Trinajstić information content (AvgIpc) is 2.86. The van der Waals surface area contributed by atoms with Crippen LogP contribution in [0.1, 0.15) is 23.9 Å². The highest BCUT2D eigenvalue weighted by atomic mass is 16.5. The van der Waals surface area contributed by atoms with Crippen molar-refractivity contribution in [1.29, 1.82) is 0 Å². The SMILES string of the molecule is CCNCc1cc(Cn2cc(C)cn2)on1.